The van der Waals surface area contributed by atoms with Gasteiger partial charge in [0.15, 0.2) is 18.1 Å². The number of amides is 1. The molecule has 0 aliphatic heterocycles. The van der Waals surface area contributed by atoms with Crippen molar-refractivity contribution in [3.8, 4) is 5.82 Å². The second-order valence-electron chi connectivity index (χ2n) is 6.66. The number of alkyl halides is 3. The lowest BCUT2D eigenvalue weighted by Crippen LogP contribution is -2.22. The van der Waals surface area contributed by atoms with Gasteiger partial charge in [0.05, 0.1) is 21.3 Å². The van der Waals surface area contributed by atoms with Gasteiger partial charge in [0.25, 0.3) is 5.91 Å². The second kappa shape index (κ2) is 9.17. The molecule has 0 aliphatic carbocycles. The van der Waals surface area contributed by atoms with E-state index in [0.29, 0.717) is 11.9 Å². The van der Waals surface area contributed by atoms with Crippen LogP contribution in [-0.2, 0) is 15.7 Å². The van der Waals surface area contributed by atoms with Crippen LogP contribution in [0.4, 0.5) is 18.9 Å². The molecule has 0 saturated heterocycles. The van der Waals surface area contributed by atoms with E-state index in [1.54, 1.807) is 19.9 Å². The highest BCUT2D eigenvalue weighted by molar-refractivity contribution is 6.33. The number of hydrogen-bond donors (Lipinski definition) is 1. The summed E-state index contributed by atoms with van der Waals surface area (Å²) >= 11 is 11.6. The number of esters is 1. The molecule has 2 heterocycles. The van der Waals surface area contributed by atoms with Crippen molar-refractivity contribution in [2.45, 2.75) is 20.0 Å². The number of ether oxygens (including phenoxy) is 1. The number of carbonyl (C=O) groups excluding carboxylic acids is 2. The van der Waals surface area contributed by atoms with Gasteiger partial charge in [0.1, 0.15) is 0 Å². The van der Waals surface area contributed by atoms with Crippen LogP contribution in [0.25, 0.3) is 5.82 Å². The van der Waals surface area contributed by atoms with E-state index in [1.807, 2.05) is 6.07 Å². The number of aromatic nitrogens is 3. The molecule has 0 fully saturated rings. The van der Waals surface area contributed by atoms with Gasteiger partial charge in [-0.2, -0.15) is 18.3 Å². The Hall–Kier alpha value is -3.11. The molecule has 1 amide bonds. The van der Waals surface area contributed by atoms with Gasteiger partial charge in [-0.15, -0.1) is 0 Å². The molecule has 32 heavy (non-hydrogen) atoms. The van der Waals surface area contributed by atoms with E-state index in [0.717, 1.165) is 17.5 Å². The van der Waals surface area contributed by atoms with E-state index in [9.17, 15) is 22.8 Å². The molecule has 0 saturated carbocycles. The van der Waals surface area contributed by atoms with Crippen LogP contribution in [0, 0.1) is 13.8 Å². The molecule has 0 aliphatic rings. The molecule has 1 aromatic carbocycles. The summed E-state index contributed by atoms with van der Waals surface area (Å²) < 4.78 is 45.2. The lowest BCUT2D eigenvalue weighted by Gasteiger charge is -2.12. The molecule has 0 unspecified atom stereocenters. The Morgan fingerprint density at radius 3 is 2.41 bits per heavy atom. The third kappa shape index (κ3) is 5.38. The molecule has 7 nitrogen and oxygen atoms in total. The van der Waals surface area contributed by atoms with Gasteiger partial charge < -0.3 is 10.1 Å². The third-order valence-corrected chi connectivity index (χ3v) is 4.78. The van der Waals surface area contributed by atoms with Crippen molar-refractivity contribution >= 4 is 40.8 Å². The average molecular weight is 487 g/mol. The number of rotatable bonds is 5. The number of benzene rings is 1. The van der Waals surface area contributed by atoms with Gasteiger partial charge in [-0.05, 0) is 50.2 Å². The molecule has 3 aromatic rings. The largest absolute Gasteiger partial charge is 0.451 e. The topological polar surface area (TPSA) is 86.1 Å². The number of pyridine rings is 1. The van der Waals surface area contributed by atoms with E-state index < -0.39 is 35.2 Å². The summed E-state index contributed by atoms with van der Waals surface area (Å²) in [6.07, 6.45) is -4.69. The van der Waals surface area contributed by atoms with E-state index in [4.69, 9.17) is 27.9 Å². The van der Waals surface area contributed by atoms with Crippen LogP contribution in [0.15, 0.2) is 36.4 Å². The number of hydrogen-bond acceptors (Lipinski definition) is 5. The Morgan fingerprint density at radius 2 is 1.78 bits per heavy atom. The summed E-state index contributed by atoms with van der Waals surface area (Å²) in [5, 5.41) is 5.96. The Morgan fingerprint density at radius 1 is 1.09 bits per heavy atom. The van der Waals surface area contributed by atoms with Crippen LogP contribution in [-0.4, -0.2) is 33.2 Å². The minimum Gasteiger partial charge on any atom is -0.451 e. The summed E-state index contributed by atoms with van der Waals surface area (Å²) in [5.41, 5.74) is 0.0138. The minimum atomic E-state index is -4.69. The second-order valence-corrected chi connectivity index (χ2v) is 7.47. The van der Waals surface area contributed by atoms with Crippen LogP contribution >= 0.6 is 23.2 Å². The maximum atomic E-state index is 12.9. The smallest absolute Gasteiger partial charge is 0.417 e. The summed E-state index contributed by atoms with van der Waals surface area (Å²) in [4.78, 5) is 28.6. The zero-order valence-electron chi connectivity index (χ0n) is 16.6. The first kappa shape index (κ1) is 23.6. The highest BCUT2D eigenvalue weighted by atomic mass is 35.5. The molecular weight excluding hydrogens is 472 g/mol. The zero-order chi connectivity index (χ0) is 23.6. The molecule has 0 radical (unpaired) electrons. The fourth-order valence-electron chi connectivity index (χ4n) is 2.77. The van der Waals surface area contributed by atoms with E-state index in [2.05, 4.69) is 15.4 Å². The van der Waals surface area contributed by atoms with Crippen molar-refractivity contribution in [3.05, 3.63) is 69.1 Å². The van der Waals surface area contributed by atoms with Gasteiger partial charge in [-0.1, -0.05) is 23.2 Å². The molecule has 0 bridgehead atoms. The quantitative estimate of drug-likeness (QED) is 0.512. The van der Waals surface area contributed by atoms with Crippen molar-refractivity contribution in [2.75, 3.05) is 11.9 Å². The third-order valence-electron chi connectivity index (χ3n) is 4.14. The molecule has 1 N–H and O–H groups in total. The van der Waals surface area contributed by atoms with E-state index in [1.165, 1.54) is 16.8 Å². The summed E-state index contributed by atoms with van der Waals surface area (Å²) in [6, 6.07) is 7.68. The standard InChI is InChI=1S/C20H15Cl2F3N4O3/c1-10-7-11(2)29(28-10)16-6-5-15(22)18(27-16)19(31)32-9-17(30)26-12-3-4-14(21)13(8-12)20(23,24)25/h3-8H,9H2,1-2H3,(H,26,30). The van der Waals surface area contributed by atoms with Crippen LogP contribution in [0.3, 0.4) is 0 Å². The fourth-order valence-corrected chi connectivity index (χ4v) is 3.18. The Bertz CT molecular complexity index is 1200. The Kier molecular flexibility index (Phi) is 6.75. The predicted molar refractivity (Wildman–Crippen MR) is 111 cm³/mol. The number of nitrogens with zero attached hydrogens (tertiary/aromatic N) is 3. The number of halogens is 5. The fraction of sp³-hybridized carbons (Fsp3) is 0.200. The van der Waals surface area contributed by atoms with Gasteiger partial charge >= 0.3 is 12.1 Å². The summed E-state index contributed by atoms with van der Waals surface area (Å²) in [7, 11) is 0. The lowest BCUT2D eigenvalue weighted by molar-refractivity contribution is -0.137. The van der Waals surface area contributed by atoms with E-state index in [-0.39, 0.29) is 16.4 Å². The number of anilines is 1. The first-order valence-corrected chi connectivity index (χ1v) is 9.75. The monoisotopic (exact) mass is 486 g/mol. The van der Waals surface area contributed by atoms with Gasteiger partial charge in [0.2, 0.25) is 0 Å². The number of nitrogens with one attached hydrogen (secondary N) is 1. The highest BCUT2D eigenvalue weighted by Crippen LogP contribution is 2.36. The first-order chi connectivity index (χ1) is 15.0. The molecule has 168 valence electrons. The van der Waals surface area contributed by atoms with Crippen LogP contribution < -0.4 is 5.32 Å². The van der Waals surface area contributed by atoms with Crippen molar-refractivity contribution in [1.29, 1.82) is 0 Å². The van der Waals surface area contributed by atoms with Gasteiger partial charge in [0, 0.05) is 11.4 Å². The Balaban J connectivity index is 1.69. The van der Waals surface area contributed by atoms with Gasteiger partial charge in [-0.3, -0.25) is 4.79 Å². The lowest BCUT2D eigenvalue weighted by atomic mass is 10.2. The average Bonchev–Trinajstić information content (AvgIpc) is 3.05. The number of carbonyl (C=O) groups is 2. The minimum absolute atomic E-state index is 0.00629. The van der Waals surface area contributed by atoms with Crippen molar-refractivity contribution in [2.24, 2.45) is 0 Å². The molecule has 3 rings (SSSR count). The molecule has 0 spiro atoms. The number of aryl methyl sites for hydroxylation is 2. The summed E-state index contributed by atoms with van der Waals surface area (Å²) in [5.74, 6) is -1.53. The van der Waals surface area contributed by atoms with Crippen molar-refractivity contribution in [3.63, 3.8) is 0 Å². The van der Waals surface area contributed by atoms with E-state index >= 15 is 0 Å². The first-order valence-electron chi connectivity index (χ1n) is 8.99. The summed E-state index contributed by atoms with van der Waals surface area (Å²) in [6.45, 7) is 2.83. The van der Waals surface area contributed by atoms with Crippen molar-refractivity contribution in [1.82, 2.24) is 14.8 Å². The van der Waals surface area contributed by atoms with Crippen molar-refractivity contribution < 1.29 is 27.5 Å². The SMILES string of the molecule is Cc1cc(C)n(-c2ccc(Cl)c(C(=O)OCC(=O)Nc3ccc(Cl)c(C(F)(F)F)c3)n2)n1. The van der Waals surface area contributed by atoms with Gasteiger partial charge in [-0.25, -0.2) is 14.5 Å². The van der Waals surface area contributed by atoms with Crippen LogP contribution in [0.1, 0.15) is 27.4 Å². The predicted octanol–water partition coefficient (Wildman–Crippen LogP) is 5.01. The van der Waals surface area contributed by atoms with Crippen LogP contribution in [0.5, 0.6) is 0 Å². The molecule has 2 aromatic heterocycles. The Labute approximate surface area is 190 Å². The van der Waals surface area contributed by atoms with Crippen LogP contribution in [0.2, 0.25) is 10.0 Å². The molecular formula is C20H15Cl2F3N4O3. The maximum absolute atomic E-state index is 12.9. The molecule has 0 atom stereocenters. The normalized spacial score (nSPS) is 11.3. The zero-order valence-corrected chi connectivity index (χ0v) is 18.1. The maximum Gasteiger partial charge on any atom is 0.417 e. The highest BCUT2D eigenvalue weighted by Gasteiger charge is 2.33. The molecule has 12 heteroatoms.